The van der Waals surface area contributed by atoms with Gasteiger partial charge >= 0.3 is 27.3 Å². The number of unbranched alkanes of at least 4 members (excludes halogenated alkanes) is 23. The number of phosphoric acid groups is 2. The Morgan fingerprint density at radius 2 is 1.25 bits per heavy atom. The van der Waals surface area contributed by atoms with E-state index in [1.807, 2.05) is 0 Å². The quantitative estimate of drug-likeness (QED) is 0.0235. The first-order valence-electron chi connectivity index (χ1n) is 23.1. The number of thioether (sulfide) groups is 1. The summed E-state index contributed by atoms with van der Waals surface area (Å²) in [6.07, 6.45) is 24.3. The van der Waals surface area contributed by atoms with Crippen molar-refractivity contribution in [1.29, 1.82) is 0 Å². The molecule has 16 nitrogen and oxygen atoms in total. The zero-order valence-electron chi connectivity index (χ0n) is 37.0. The van der Waals surface area contributed by atoms with Crippen LogP contribution in [0.5, 0.6) is 0 Å². The van der Waals surface area contributed by atoms with E-state index in [1.165, 1.54) is 140 Å². The molecule has 7 atom stereocenters. The molecule has 1 saturated heterocycles. The number of aliphatic hydroxyl groups excluding tert-OH is 2. The molecule has 356 valence electrons. The fourth-order valence-corrected chi connectivity index (χ4v) is 10.3. The summed E-state index contributed by atoms with van der Waals surface area (Å²) in [6, 6.07) is 1.27. The number of carbonyl (C=O) groups excluding carboxylic acids is 1. The van der Waals surface area contributed by atoms with Crippen LogP contribution in [0.2, 0.25) is 0 Å². The molecule has 1 aliphatic rings. The number of esters is 1. The Morgan fingerprint density at radius 3 is 1.75 bits per heavy atom. The van der Waals surface area contributed by atoms with Gasteiger partial charge in [0.25, 0.3) is 0 Å². The summed E-state index contributed by atoms with van der Waals surface area (Å²) in [5.41, 5.74) is 4.62. The molecule has 6 N–H and O–H groups in total. The summed E-state index contributed by atoms with van der Waals surface area (Å²) in [5, 5.41) is 20.9. The maximum absolute atomic E-state index is 12.8. The van der Waals surface area contributed by atoms with Crippen molar-refractivity contribution in [2.24, 2.45) is 0 Å². The van der Waals surface area contributed by atoms with Crippen molar-refractivity contribution in [3.05, 3.63) is 22.7 Å². The summed E-state index contributed by atoms with van der Waals surface area (Å²) in [4.78, 5) is 49.2. The number of anilines is 1. The summed E-state index contributed by atoms with van der Waals surface area (Å²) >= 11 is 1.53. The van der Waals surface area contributed by atoms with Crippen LogP contribution in [0.1, 0.15) is 187 Å². The smallest absolute Gasteiger partial charge is 0.459 e. The number of phosphoric ester groups is 2. The van der Waals surface area contributed by atoms with Gasteiger partial charge < -0.3 is 35.2 Å². The number of aliphatic hydroxyl groups is 2. The lowest BCUT2D eigenvalue weighted by Gasteiger charge is -2.21. The third-order valence-corrected chi connectivity index (χ3v) is 14.5. The van der Waals surface area contributed by atoms with Crippen LogP contribution in [-0.4, -0.2) is 84.7 Å². The van der Waals surface area contributed by atoms with Gasteiger partial charge in [0, 0.05) is 18.4 Å². The topological polar surface area (TPSA) is 239 Å². The Labute approximate surface area is 369 Å². The monoisotopic (exact) mass is 927 g/mol. The number of nitrogen functional groups attached to an aromatic ring is 1. The van der Waals surface area contributed by atoms with Crippen LogP contribution in [0.3, 0.4) is 0 Å². The third kappa shape index (κ3) is 26.3. The zero-order valence-corrected chi connectivity index (χ0v) is 39.6. The van der Waals surface area contributed by atoms with E-state index < -0.39 is 71.2 Å². The van der Waals surface area contributed by atoms with E-state index in [1.54, 1.807) is 0 Å². The number of rotatable bonds is 39. The second-order valence-electron chi connectivity index (χ2n) is 16.3. The maximum Gasteiger partial charge on any atom is 0.481 e. The minimum Gasteiger partial charge on any atom is -0.459 e. The normalized spacial score (nSPS) is 20.4. The highest BCUT2D eigenvalue weighted by atomic mass is 32.2. The number of carbonyl (C=O) groups is 1. The SMILES string of the molecule is CCCCCCCCCCCCCCCC(=O)OC(COP(=O)(O)OP(=O)(O)OCC1OC(n2ccc(N)nc2=O)C(O)C1O)CSCCCCCCCCCCCCCC. The Balaban J connectivity index is 1.79. The van der Waals surface area contributed by atoms with Gasteiger partial charge in [-0.1, -0.05) is 162 Å². The molecule has 0 aliphatic carbocycles. The highest BCUT2D eigenvalue weighted by molar-refractivity contribution is 7.99. The Morgan fingerprint density at radius 1 is 0.770 bits per heavy atom. The molecule has 0 bridgehead atoms. The lowest BCUT2D eigenvalue weighted by atomic mass is 10.0. The molecule has 0 saturated carbocycles. The summed E-state index contributed by atoms with van der Waals surface area (Å²) in [7, 11) is -10.6. The number of ether oxygens (including phenoxy) is 2. The first kappa shape index (κ1) is 55.8. The van der Waals surface area contributed by atoms with Crippen LogP contribution in [0.4, 0.5) is 5.82 Å². The average Bonchev–Trinajstić information content (AvgIpc) is 3.49. The highest BCUT2D eigenvalue weighted by Gasteiger charge is 2.46. The number of nitrogens with two attached hydrogens (primary N) is 1. The molecule has 0 amide bonds. The summed E-state index contributed by atoms with van der Waals surface area (Å²) in [6.45, 7) is 3.00. The van der Waals surface area contributed by atoms with E-state index >= 15 is 0 Å². The molecule has 61 heavy (non-hydrogen) atoms. The molecule has 1 aromatic rings. The Kier molecular flexibility index (Phi) is 30.3. The zero-order chi connectivity index (χ0) is 44.8. The average molecular weight is 928 g/mol. The van der Waals surface area contributed by atoms with Gasteiger partial charge in [0.1, 0.15) is 30.2 Å². The van der Waals surface area contributed by atoms with Crippen LogP contribution < -0.4 is 11.4 Å². The van der Waals surface area contributed by atoms with Gasteiger partial charge in [-0.2, -0.15) is 21.1 Å². The van der Waals surface area contributed by atoms with E-state index in [9.17, 15) is 38.7 Å². The van der Waals surface area contributed by atoms with E-state index in [-0.39, 0.29) is 18.0 Å². The largest absolute Gasteiger partial charge is 0.481 e. The van der Waals surface area contributed by atoms with Crippen molar-refractivity contribution in [1.82, 2.24) is 9.55 Å². The van der Waals surface area contributed by atoms with E-state index in [0.717, 1.165) is 48.8 Å². The van der Waals surface area contributed by atoms with Gasteiger partial charge in [0.05, 0.1) is 13.2 Å². The first-order chi connectivity index (χ1) is 29.3. The summed E-state index contributed by atoms with van der Waals surface area (Å²) < 4.78 is 51.8. The number of hydrogen-bond donors (Lipinski definition) is 5. The minimum atomic E-state index is -5.32. The third-order valence-electron chi connectivity index (χ3n) is 10.7. The van der Waals surface area contributed by atoms with Crippen molar-refractivity contribution in [3.8, 4) is 0 Å². The lowest BCUT2D eigenvalue weighted by Crippen LogP contribution is -2.36. The lowest BCUT2D eigenvalue weighted by molar-refractivity contribution is -0.149. The number of aromatic nitrogens is 2. The van der Waals surface area contributed by atoms with Crippen LogP contribution in [0.25, 0.3) is 0 Å². The van der Waals surface area contributed by atoms with Gasteiger partial charge in [-0.05, 0) is 24.7 Å². The fraction of sp³-hybridized carbons (Fsp3) is 0.881. The molecule has 0 aromatic carbocycles. The predicted molar refractivity (Wildman–Crippen MR) is 240 cm³/mol. The van der Waals surface area contributed by atoms with Gasteiger partial charge in [-0.15, -0.1) is 0 Å². The molecular weight excluding hydrogens is 848 g/mol. The molecule has 0 radical (unpaired) electrons. The van der Waals surface area contributed by atoms with Crippen molar-refractivity contribution >= 4 is 39.2 Å². The van der Waals surface area contributed by atoms with Crippen LogP contribution in [0, 0.1) is 0 Å². The molecule has 0 spiro atoms. The number of nitrogens with zero attached hydrogens (tertiary/aromatic N) is 2. The van der Waals surface area contributed by atoms with Gasteiger partial charge in [-0.25, -0.2) is 13.9 Å². The molecule has 19 heteroatoms. The first-order valence-corrected chi connectivity index (χ1v) is 27.2. The minimum absolute atomic E-state index is 0.0775. The van der Waals surface area contributed by atoms with Crippen molar-refractivity contribution in [2.45, 2.75) is 211 Å². The molecule has 1 fully saturated rings. The molecular formula is C42H79N3O13P2S. The van der Waals surface area contributed by atoms with Crippen LogP contribution >= 0.6 is 27.4 Å². The van der Waals surface area contributed by atoms with E-state index in [4.69, 9.17) is 24.3 Å². The maximum atomic E-state index is 12.8. The second kappa shape index (κ2) is 33.2. The van der Waals surface area contributed by atoms with Crippen molar-refractivity contribution in [3.63, 3.8) is 0 Å². The highest BCUT2D eigenvalue weighted by Crippen LogP contribution is 2.60. The van der Waals surface area contributed by atoms with Crippen LogP contribution in [-0.2, 0) is 36.8 Å². The van der Waals surface area contributed by atoms with E-state index in [2.05, 4.69) is 23.1 Å². The number of hydrogen-bond acceptors (Lipinski definition) is 14. The summed E-state index contributed by atoms with van der Waals surface area (Å²) in [5.74, 6) is 0.542. The van der Waals surface area contributed by atoms with Gasteiger partial charge in [0.15, 0.2) is 6.23 Å². The van der Waals surface area contributed by atoms with Crippen molar-refractivity contribution in [2.75, 3.05) is 30.5 Å². The molecule has 7 unspecified atom stereocenters. The Hall–Kier alpha value is -1.36. The van der Waals surface area contributed by atoms with Gasteiger partial charge in [-0.3, -0.25) is 18.4 Å². The Bertz CT molecular complexity index is 1460. The van der Waals surface area contributed by atoms with E-state index in [0.29, 0.717) is 6.42 Å². The molecule has 1 aromatic heterocycles. The standard InChI is InChI=1S/C42H79N3O13P2S/c1-3-5-7-9-11-13-15-17-18-20-22-24-26-28-38(46)56-35(34-61-31-27-25-23-21-19-16-14-12-10-8-6-4-2)32-54-59(50,51)58-60(52,53)55-33-36-39(47)40(48)41(57-36)45-30-29-37(43)44-42(45)49/h29-30,35-36,39-41,47-48H,3-28,31-34H2,1-2H3,(H,50,51)(H,52,53)(H2,43,44,49). The molecule has 1 aliphatic heterocycles. The van der Waals surface area contributed by atoms with Gasteiger partial charge in [0.2, 0.25) is 0 Å². The molecule has 2 heterocycles. The fourth-order valence-electron chi connectivity index (χ4n) is 7.15. The molecule has 2 rings (SSSR count). The van der Waals surface area contributed by atoms with Crippen molar-refractivity contribution < 1.29 is 56.8 Å². The second-order valence-corrected chi connectivity index (χ2v) is 20.5. The van der Waals surface area contributed by atoms with Crippen LogP contribution in [0.15, 0.2) is 17.1 Å². The predicted octanol–water partition coefficient (Wildman–Crippen LogP) is 9.52.